The van der Waals surface area contributed by atoms with E-state index in [1.807, 2.05) is 0 Å². The van der Waals surface area contributed by atoms with E-state index < -0.39 is 6.10 Å². The number of esters is 3. The van der Waals surface area contributed by atoms with Crippen molar-refractivity contribution in [3.63, 3.8) is 0 Å². The molecule has 0 saturated heterocycles. The number of carbonyl (C=O) groups excluding carboxylic acids is 3. The highest BCUT2D eigenvalue weighted by molar-refractivity contribution is 5.71. The molecule has 6 heteroatoms. The molecule has 6 nitrogen and oxygen atoms in total. The van der Waals surface area contributed by atoms with Gasteiger partial charge in [-0.25, -0.2) is 0 Å². The minimum Gasteiger partial charge on any atom is -0.462 e. The smallest absolute Gasteiger partial charge is 0.306 e. The third-order valence-electron chi connectivity index (χ3n) is 13.8. The monoisotopic (exact) mass is 1010 g/mol. The van der Waals surface area contributed by atoms with E-state index >= 15 is 0 Å². The van der Waals surface area contributed by atoms with Crippen molar-refractivity contribution in [2.75, 3.05) is 13.2 Å². The van der Waals surface area contributed by atoms with Crippen LogP contribution in [0.5, 0.6) is 0 Å². The number of hydrogen-bond acceptors (Lipinski definition) is 6. The summed E-state index contributed by atoms with van der Waals surface area (Å²) in [6.07, 6.45) is 76.5. The maximum atomic E-state index is 12.9. The average molecular weight is 1010 g/mol. The lowest BCUT2D eigenvalue weighted by atomic mass is 10.0. The van der Waals surface area contributed by atoms with Crippen LogP contribution in [-0.2, 0) is 28.6 Å². The average Bonchev–Trinajstić information content (AvgIpc) is 3.38. The summed E-state index contributed by atoms with van der Waals surface area (Å²) in [6, 6.07) is 0. The van der Waals surface area contributed by atoms with Crippen LogP contribution < -0.4 is 0 Å². The topological polar surface area (TPSA) is 78.9 Å². The van der Waals surface area contributed by atoms with E-state index in [1.165, 1.54) is 186 Å². The summed E-state index contributed by atoms with van der Waals surface area (Å²) in [5, 5.41) is 0. The van der Waals surface area contributed by atoms with Crippen molar-refractivity contribution in [2.24, 2.45) is 0 Å². The molecule has 0 rings (SSSR count). The molecule has 0 aliphatic heterocycles. The van der Waals surface area contributed by atoms with Crippen LogP contribution >= 0.6 is 0 Å². The van der Waals surface area contributed by atoms with Crippen LogP contribution in [0.3, 0.4) is 0 Å². The van der Waals surface area contributed by atoms with Gasteiger partial charge in [-0.15, -0.1) is 0 Å². The zero-order valence-electron chi connectivity index (χ0n) is 47.9. The van der Waals surface area contributed by atoms with Crippen molar-refractivity contribution in [1.29, 1.82) is 0 Å². The molecule has 0 aliphatic rings. The zero-order chi connectivity index (χ0) is 52.2. The Balaban J connectivity index is 4.38. The zero-order valence-corrected chi connectivity index (χ0v) is 47.9. The third kappa shape index (κ3) is 58.0. The molecular formula is C66H118O6. The van der Waals surface area contributed by atoms with Crippen LogP contribution in [0.15, 0.2) is 60.8 Å². The summed E-state index contributed by atoms with van der Waals surface area (Å²) >= 11 is 0. The first-order valence-corrected chi connectivity index (χ1v) is 31.3. The van der Waals surface area contributed by atoms with E-state index in [0.29, 0.717) is 19.3 Å². The molecule has 0 fully saturated rings. The molecule has 0 spiro atoms. The molecule has 0 aromatic heterocycles. The largest absolute Gasteiger partial charge is 0.462 e. The maximum Gasteiger partial charge on any atom is 0.306 e. The Morgan fingerprint density at radius 2 is 0.542 bits per heavy atom. The molecule has 0 aliphatic carbocycles. The predicted molar refractivity (Wildman–Crippen MR) is 312 cm³/mol. The second-order valence-electron chi connectivity index (χ2n) is 21.0. The molecule has 1 atom stereocenters. The van der Waals surface area contributed by atoms with Crippen molar-refractivity contribution in [3.05, 3.63) is 60.8 Å². The third-order valence-corrected chi connectivity index (χ3v) is 13.8. The number of carbonyl (C=O) groups is 3. The fraction of sp³-hybridized carbons (Fsp3) is 0.803. The van der Waals surface area contributed by atoms with Gasteiger partial charge in [-0.05, 0) is 64.2 Å². The van der Waals surface area contributed by atoms with Gasteiger partial charge in [0.15, 0.2) is 6.10 Å². The van der Waals surface area contributed by atoms with Crippen molar-refractivity contribution in [1.82, 2.24) is 0 Å². The molecule has 0 N–H and O–H groups in total. The molecular weight excluding hydrogens is 889 g/mol. The van der Waals surface area contributed by atoms with Gasteiger partial charge in [-0.1, -0.05) is 300 Å². The van der Waals surface area contributed by atoms with Crippen molar-refractivity contribution >= 4 is 17.9 Å². The lowest BCUT2D eigenvalue weighted by molar-refractivity contribution is -0.167. The first kappa shape index (κ1) is 69.1. The van der Waals surface area contributed by atoms with E-state index in [4.69, 9.17) is 14.2 Å². The number of ether oxygens (including phenoxy) is 3. The number of unbranched alkanes of at least 4 members (excludes halogenated alkanes) is 36. The molecule has 0 heterocycles. The van der Waals surface area contributed by atoms with Crippen LogP contribution in [0, 0.1) is 0 Å². The summed E-state index contributed by atoms with van der Waals surface area (Å²) in [5.74, 6) is -0.896. The Morgan fingerprint density at radius 3 is 0.847 bits per heavy atom. The fourth-order valence-corrected chi connectivity index (χ4v) is 9.12. The standard InChI is InChI=1S/C66H118O6/c1-4-7-10-13-16-19-22-25-28-30-32-34-35-38-41-44-47-50-53-56-59-65(68)71-62-63(61-70-64(67)58-55-52-49-46-43-40-37-27-24-21-18-15-12-9-6-3)72-66(69)60-57-54-51-48-45-42-39-36-33-31-29-26-23-20-17-14-11-8-5-2/h8,11,17,20,26,29,33,36,42,45,63H,4-7,9-10,12-16,18-19,21-25,27-28,30-32,34-35,37-41,43-44,46-62H2,1-3H3/b11-8-,20-17-,29-26-,36-33-,45-42-. The van der Waals surface area contributed by atoms with E-state index in [0.717, 1.165) is 96.3 Å². The highest BCUT2D eigenvalue weighted by atomic mass is 16.6. The Hall–Kier alpha value is -2.89. The van der Waals surface area contributed by atoms with E-state index in [9.17, 15) is 14.4 Å². The lowest BCUT2D eigenvalue weighted by Gasteiger charge is -2.18. The second kappa shape index (κ2) is 60.7. The van der Waals surface area contributed by atoms with Crippen molar-refractivity contribution < 1.29 is 28.6 Å². The van der Waals surface area contributed by atoms with Crippen molar-refractivity contribution in [2.45, 2.75) is 329 Å². The Labute approximate surface area is 447 Å². The van der Waals surface area contributed by atoms with Crippen molar-refractivity contribution in [3.8, 4) is 0 Å². The van der Waals surface area contributed by atoms with Gasteiger partial charge in [0.1, 0.15) is 13.2 Å². The van der Waals surface area contributed by atoms with Gasteiger partial charge in [-0.2, -0.15) is 0 Å². The SMILES string of the molecule is CC/C=C\C/C=C\C/C=C\C/C=C\C/C=C\CCCCCC(=O)OC(COC(=O)CCCCCCCCCCCCCCCCC)COC(=O)CCCCCCCCCCCCCCCCCCCCCC. The predicted octanol–water partition coefficient (Wildman–Crippen LogP) is 21.2. The molecule has 0 aromatic carbocycles. The van der Waals surface area contributed by atoms with Gasteiger partial charge in [-0.3, -0.25) is 14.4 Å². The fourth-order valence-electron chi connectivity index (χ4n) is 9.12. The maximum absolute atomic E-state index is 12.9. The van der Waals surface area contributed by atoms with Crippen LogP contribution in [0.2, 0.25) is 0 Å². The summed E-state index contributed by atoms with van der Waals surface area (Å²) < 4.78 is 16.9. The molecule has 0 saturated carbocycles. The van der Waals surface area contributed by atoms with Gasteiger partial charge in [0.2, 0.25) is 0 Å². The van der Waals surface area contributed by atoms with Gasteiger partial charge in [0.05, 0.1) is 0 Å². The Kier molecular flexibility index (Phi) is 58.2. The number of rotatable bonds is 57. The van der Waals surface area contributed by atoms with E-state index in [1.54, 1.807) is 0 Å². The number of allylic oxidation sites excluding steroid dienone is 10. The molecule has 1 unspecified atom stereocenters. The molecule has 0 aromatic rings. The molecule has 418 valence electrons. The van der Waals surface area contributed by atoms with Gasteiger partial charge < -0.3 is 14.2 Å². The first-order chi connectivity index (χ1) is 35.5. The van der Waals surface area contributed by atoms with Gasteiger partial charge in [0.25, 0.3) is 0 Å². The minimum atomic E-state index is -0.789. The Bertz CT molecular complexity index is 1290. The van der Waals surface area contributed by atoms with E-state index in [2.05, 4.69) is 81.5 Å². The number of hydrogen-bond donors (Lipinski definition) is 0. The normalized spacial score (nSPS) is 12.4. The summed E-state index contributed by atoms with van der Waals surface area (Å²) in [4.78, 5) is 38.3. The first-order valence-electron chi connectivity index (χ1n) is 31.3. The van der Waals surface area contributed by atoms with Crippen LogP contribution in [0.4, 0.5) is 0 Å². The lowest BCUT2D eigenvalue weighted by Crippen LogP contribution is -2.30. The van der Waals surface area contributed by atoms with Gasteiger partial charge >= 0.3 is 17.9 Å². The van der Waals surface area contributed by atoms with E-state index in [-0.39, 0.29) is 31.1 Å². The molecule has 0 amide bonds. The minimum absolute atomic E-state index is 0.0833. The van der Waals surface area contributed by atoms with Gasteiger partial charge in [0, 0.05) is 19.3 Å². The molecule has 0 bridgehead atoms. The highest BCUT2D eigenvalue weighted by Crippen LogP contribution is 2.17. The molecule has 72 heavy (non-hydrogen) atoms. The highest BCUT2D eigenvalue weighted by Gasteiger charge is 2.19. The van der Waals surface area contributed by atoms with Crippen LogP contribution in [0.25, 0.3) is 0 Å². The summed E-state index contributed by atoms with van der Waals surface area (Å²) in [6.45, 7) is 6.55. The second-order valence-corrected chi connectivity index (χ2v) is 21.0. The van der Waals surface area contributed by atoms with Crippen LogP contribution in [-0.4, -0.2) is 37.2 Å². The van der Waals surface area contributed by atoms with Crippen LogP contribution in [0.1, 0.15) is 323 Å². The molecule has 0 radical (unpaired) electrons. The summed E-state index contributed by atoms with van der Waals surface area (Å²) in [7, 11) is 0. The summed E-state index contributed by atoms with van der Waals surface area (Å²) in [5.41, 5.74) is 0. The Morgan fingerprint density at radius 1 is 0.292 bits per heavy atom. The quantitative estimate of drug-likeness (QED) is 0.0261.